The Bertz CT molecular complexity index is 60.7. The molecule has 0 heterocycles. The molecule has 0 saturated carbocycles. The average Bonchev–Trinajstić information content (AvgIpc) is 1.76. The molecule has 0 atom stereocenters. The van der Waals surface area contributed by atoms with Crippen LogP contribution in [-0.4, -0.2) is 0 Å². The molecule has 0 saturated heterocycles. The van der Waals surface area contributed by atoms with Crippen LogP contribution < -0.4 is 0 Å². The molecule has 0 aliphatic carbocycles. The molecule has 1 aromatic carbocycles. The normalized spacial score (nSPS) is 5.71. The largest absolute Gasteiger partial charge is 2.00 e. The standard InChI is InChI=1S/C5H5.CH3.Yb/c1-2-4-5-3-1;;/h1-5H;1H3;/q2*-1;+2. The van der Waals surface area contributed by atoms with E-state index in [1.54, 1.807) is 0 Å². The van der Waals surface area contributed by atoms with Crippen molar-refractivity contribution in [2.75, 3.05) is 0 Å². The van der Waals surface area contributed by atoms with Crippen molar-refractivity contribution in [3.63, 3.8) is 0 Å². The van der Waals surface area contributed by atoms with Gasteiger partial charge in [0.2, 0.25) is 0 Å². The van der Waals surface area contributed by atoms with Gasteiger partial charge in [-0.2, -0.15) is 18.2 Å². The molecule has 0 aliphatic heterocycles. The topological polar surface area (TPSA) is 0 Å². The molecule has 0 fully saturated rings. The molecule has 0 bridgehead atoms. The summed E-state index contributed by atoms with van der Waals surface area (Å²) in [4.78, 5) is 0. The molecule has 0 nitrogen and oxygen atoms in total. The Balaban J connectivity index is 0. The molecule has 0 amide bonds. The van der Waals surface area contributed by atoms with E-state index in [4.69, 9.17) is 0 Å². The van der Waals surface area contributed by atoms with Gasteiger partial charge >= 0.3 is 46.9 Å². The van der Waals surface area contributed by atoms with Gasteiger partial charge in [0.1, 0.15) is 0 Å². The molecular weight excluding hydrogens is 245 g/mol. The van der Waals surface area contributed by atoms with Crippen LogP contribution in [0.4, 0.5) is 0 Å². The maximum atomic E-state index is 2.00. The van der Waals surface area contributed by atoms with E-state index >= 15 is 0 Å². The second-order valence-corrected chi connectivity index (χ2v) is 0.962. The number of hydrogen-bond acceptors (Lipinski definition) is 0. The Morgan fingerprint density at radius 1 is 1.00 bits per heavy atom. The van der Waals surface area contributed by atoms with Gasteiger partial charge in [-0.05, 0) is 0 Å². The van der Waals surface area contributed by atoms with Crippen molar-refractivity contribution >= 4 is 0 Å². The fourth-order valence-electron chi connectivity index (χ4n) is 0.321. The fourth-order valence-corrected chi connectivity index (χ4v) is 0.321. The third kappa shape index (κ3) is 4.73. The Morgan fingerprint density at radius 3 is 1.57 bits per heavy atom. The van der Waals surface area contributed by atoms with Crippen molar-refractivity contribution in [1.82, 2.24) is 0 Å². The van der Waals surface area contributed by atoms with Gasteiger partial charge in [0, 0.05) is 0 Å². The van der Waals surface area contributed by atoms with Crippen LogP contribution in [0.15, 0.2) is 30.3 Å². The summed E-state index contributed by atoms with van der Waals surface area (Å²) in [5.41, 5.74) is 0. The van der Waals surface area contributed by atoms with E-state index in [0.29, 0.717) is 0 Å². The molecule has 0 unspecified atom stereocenters. The molecule has 0 N–H and O–H groups in total. The molecule has 1 rings (SSSR count). The zero-order valence-electron chi connectivity index (χ0n) is 4.15. The van der Waals surface area contributed by atoms with Gasteiger partial charge in [-0.1, -0.05) is 0 Å². The molecular formula is C6H8Yb. The SMILES string of the molecule is [CH3-].[Yb+2].c1cc[cH-]c1. The molecule has 1 aromatic rings. The molecule has 0 aliphatic rings. The summed E-state index contributed by atoms with van der Waals surface area (Å²) in [6.07, 6.45) is 0. The Hall–Kier alpha value is 0.869. The summed E-state index contributed by atoms with van der Waals surface area (Å²) in [6.45, 7) is 0. The van der Waals surface area contributed by atoms with Gasteiger partial charge in [-0.15, -0.1) is 0 Å². The van der Waals surface area contributed by atoms with Gasteiger partial charge in [0.15, 0.2) is 0 Å². The van der Waals surface area contributed by atoms with Crippen LogP contribution in [0.1, 0.15) is 0 Å². The van der Waals surface area contributed by atoms with Gasteiger partial charge < -0.3 is 7.43 Å². The van der Waals surface area contributed by atoms with Gasteiger partial charge in [-0.3, -0.25) is 0 Å². The summed E-state index contributed by atoms with van der Waals surface area (Å²) in [7, 11) is 0. The number of hydrogen-bond donors (Lipinski definition) is 0. The minimum atomic E-state index is 0. The summed E-state index contributed by atoms with van der Waals surface area (Å²) in [5.74, 6) is 0. The van der Waals surface area contributed by atoms with Crippen LogP contribution >= 0.6 is 0 Å². The Labute approximate surface area is 83.5 Å². The summed E-state index contributed by atoms with van der Waals surface area (Å²) < 4.78 is 0. The molecule has 46 valence electrons. The van der Waals surface area contributed by atoms with Crippen molar-refractivity contribution in [1.29, 1.82) is 0 Å². The first-order chi connectivity index (χ1) is 2.50. The minimum Gasteiger partial charge on any atom is -0.358 e. The maximum absolute atomic E-state index is 2.00. The van der Waals surface area contributed by atoms with E-state index in [1.807, 2.05) is 30.3 Å². The van der Waals surface area contributed by atoms with E-state index < -0.39 is 0 Å². The quantitative estimate of drug-likeness (QED) is 0.619. The van der Waals surface area contributed by atoms with E-state index in [0.717, 1.165) is 0 Å². The van der Waals surface area contributed by atoms with E-state index in [-0.39, 0.29) is 54.4 Å². The minimum absolute atomic E-state index is 0. The van der Waals surface area contributed by atoms with E-state index in [9.17, 15) is 0 Å². The first-order valence-electron chi connectivity index (χ1n) is 1.67. The van der Waals surface area contributed by atoms with Crippen LogP contribution in [0, 0.1) is 54.4 Å². The van der Waals surface area contributed by atoms with Gasteiger partial charge in [0.25, 0.3) is 0 Å². The van der Waals surface area contributed by atoms with Crippen LogP contribution in [0.25, 0.3) is 0 Å². The smallest absolute Gasteiger partial charge is 0.358 e. The van der Waals surface area contributed by atoms with Crippen molar-refractivity contribution in [2.24, 2.45) is 0 Å². The second-order valence-electron chi connectivity index (χ2n) is 0.962. The van der Waals surface area contributed by atoms with Gasteiger partial charge in [0.05, 0.1) is 0 Å². The predicted molar refractivity (Wildman–Crippen MR) is 28.4 cm³/mol. The molecule has 0 aromatic heterocycles. The van der Waals surface area contributed by atoms with E-state index in [1.165, 1.54) is 0 Å². The van der Waals surface area contributed by atoms with Crippen LogP contribution in [0.3, 0.4) is 0 Å². The molecule has 1 heteroatoms. The first-order valence-corrected chi connectivity index (χ1v) is 1.67. The summed E-state index contributed by atoms with van der Waals surface area (Å²) in [6, 6.07) is 10.0. The molecule has 0 radical (unpaired) electrons. The third-order valence-electron chi connectivity index (χ3n) is 0.556. The molecule has 0 spiro atoms. The van der Waals surface area contributed by atoms with Crippen molar-refractivity contribution in [3.05, 3.63) is 37.8 Å². The van der Waals surface area contributed by atoms with Gasteiger partial charge in [-0.25, -0.2) is 12.1 Å². The molecule has 7 heavy (non-hydrogen) atoms. The zero-order chi connectivity index (χ0) is 3.54. The third-order valence-corrected chi connectivity index (χ3v) is 0.556. The van der Waals surface area contributed by atoms with Crippen molar-refractivity contribution < 1.29 is 46.9 Å². The van der Waals surface area contributed by atoms with E-state index in [2.05, 4.69) is 0 Å². The first kappa shape index (κ1) is 10.8. The monoisotopic (exact) mass is 254 g/mol. The Kier molecular flexibility index (Phi) is 10.6. The average molecular weight is 253 g/mol. The van der Waals surface area contributed by atoms with Crippen molar-refractivity contribution in [3.8, 4) is 0 Å². The maximum Gasteiger partial charge on any atom is 2.00 e. The fraction of sp³-hybridized carbons (Fsp3) is 0. The van der Waals surface area contributed by atoms with Crippen LogP contribution in [-0.2, 0) is 0 Å². The zero-order valence-corrected chi connectivity index (χ0v) is 5.87. The van der Waals surface area contributed by atoms with Crippen LogP contribution in [0.2, 0.25) is 0 Å². The Morgan fingerprint density at radius 2 is 1.43 bits per heavy atom. The summed E-state index contributed by atoms with van der Waals surface area (Å²) >= 11 is 0. The van der Waals surface area contributed by atoms with Crippen LogP contribution in [0.5, 0.6) is 0 Å². The second kappa shape index (κ2) is 6.87. The predicted octanol–water partition coefficient (Wildman–Crippen LogP) is 1.86. The van der Waals surface area contributed by atoms with Crippen molar-refractivity contribution in [2.45, 2.75) is 0 Å². The summed E-state index contributed by atoms with van der Waals surface area (Å²) in [5, 5.41) is 0. The number of rotatable bonds is 0.